The van der Waals surface area contributed by atoms with Gasteiger partial charge in [0, 0.05) is 19.7 Å². The molecule has 3 heteroatoms. The molecular weight excluding hydrogens is 286 g/mol. The first-order valence-corrected chi connectivity index (χ1v) is 9.04. The Hall–Kier alpha value is -1.16. The van der Waals surface area contributed by atoms with E-state index in [-0.39, 0.29) is 12.3 Å². The minimum atomic E-state index is 0.0709. The third kappa shape index (κ3) is 6.46. The number of hydrogen-bond acceptors (Lipinski definition) is 3. The van der Waals surface area contributed by atoms with E-state index in [1.807, 2.05) is 6.07 Å². The van der Waals surface area contributed by atoms with E-state index in [0.29, 0.717) is 6.61 Å². The van der Waals surface area contributed by atoms with Gasteiger partial charge in [-0.1, -0.05) is 63.1 Å². The van der Waals surface area contributed by atoms with Gasteiger partial charge in [0.2, 0.25) is 0 Å². The van der Waals surface area contributed by atoms with Crippen molar-refractivity contribution in [3.05, 3.63) is 42.0 Å². The Morgan fingerprint density at radius 2 is 1.96 bits per heavy atom. The van der Waals surface area contributed by atoms with Crippen molar-refractivity contribution in [1.82, 2.24) is 4.90 Å². The summed E-state index contributed by atoms with van der Waals surface area (Å²) in [6.07, 6.45) is 9.32. The van der Waals surface area contributed by atoms with Crippen LogP contribution in [0.15, 0.2) is 36.4 Å². The first kappa shape index (κ1) is 18.2. The molecule has 0 radical (unpaired) electrons. The van der Waals surface area contributed by atoms with Gasteiger partial charge >= 0.3 is 0 Å². The summed E-state index contributed by atoms with van der Waals surface area (Å²) in [7, 11) is 0. The Kier molecular flexibility index (Phi) is 8.37. The summed E-state index contributed by atoms with van der Waals surface area (Å²) < 4.78 is 11.9. The van der Waals surface area contributed by atoms with Crippen LogP contribution >= 0.6 is 0 Å². The zero-order valence-corrected chi connectivity index (χ0v) is 14.6. The molecule has 0 spiro atoms. The second-order valence-corrected chi connectivity index (χ2v) is 6.20. The highest BCUT2D eigenvalue weighted by atomic mass is 16.6. The third-order valence-electron chi connectivity index (χ3n) is 4.13. The fraction of sp³-hybridized carbons (Fsp3) is 0.600. The van der Waals surface area contributed by atoms with Gasteiger partial charge in [-0.15, -0.1) is 0 Å². The zero-order valence-electron chi connectivity index (χ0n) is 14.6. The molecule has 0 saturated carbocycles. The normalized spacial score (nSPS) is 22.2. The van der Waals surface area contributed by atoms with Gasteiger partial charge in [-0.3, -0.25) is 4.90 Å². The van der Waals surface area contributed by atoms with Crippen LogP contribution in [-0.4, -0.2) is 43.5 Å². The van der Waals surface area contributed by atoms with Crippen LogP contribution in [0.3, 0.4) is 0 Å². The lowest BCUT2D eigenvalue weighted by molar-refractivity contribution is -0.0122. The molecular formula is C20H31NO2. The summed E-state index contributed by atoms with van der Waals surface area (Å²) in [5.74, 6) is 0. The smallest absolute Gasteiger partial charge is 0.130 e. The van der Waals surface area contributed by atoms with Crippen LogP contribution in [-0.2, 0) is 9.47 Å². The molecule has 1 aliphatic rings. The Morgan fingerprint density at radius 1 is 1.17 bits per heavy atom. The molecule has 1 heterocycles. The Morgan fingerprint density at radius 3 is 2.70 bits per heavy atom. The maximum Gasteiger partial charge on any atom is 0.130 e. The maximum atomic E-state index is 6.19. The molecule has 128 valence electrons. The second kappa shape index (κ2) is 10.6. The molecule has 1 aliphatic heterocycles. The summed E-state index contributed by atoms with van der Waals surface area (Å²) in [4.78, 5) is 2.43. The number of nitrogens with zero attached hydrogens (tertiary/aromatic N) is 1. The Bertz CT molecular complexity index is 446. The highest BCUT2D eigenvalue weighted by Crippen LogP contribution is 2.19. The van der Waals surface area contributed by atoms with Gasteiger partial charge < -0.3 is 9.47 Å². The number of unbranched alkanes of at least 4 members (excludes halogenated alkanes) is 2. The molecule has 3 nitrogen and oxygen atoms in total. The highest BCUT2D eigenvalue weighted by Gasteiger charge is 2.30. The van der Waals surface area contributed by atoms with E-state index in [1.165, 1.54) is 24.8 Å². The van der Waals surface area contributed by atoms with Crippen molar-refractivity contribution in [3.63, 3.8) is 0 Å². The van der Waals surface area contributed by atoms with Gasteiger partial charge in [0.15, 0.2) is 0 Å². The van der Waals surface area contributed by atoms with Gasteiger partial charge in [0.05, 0.1) is 12.7 Å². The van der Waals surface area contributed by atoms with E-state index in [9.17, 15) is 0 Å². The quantitative estimate of drug-likeness (QED) is 0.599. The molecule has 0 aromatic heterocycles. The number of benzene rings is 1. The van der Waals surface area contributed by atoms with Crippen LogP contribution in [0.25, 0.3) is 6.08 Å². The zero-order chi connectivity index (χ0) is 16.3. The predicted octanol–water partition coefficient (Wildman–Crippen LogP) is 4.34. The lowest BCUT2D eigenvalue weighted by atomic mass is 10.2. The number of ether oxygens (including phenoxy) is 2. The molecule has 2 rings (SSSR count). The van der Waals surface area contributed by atoms with E-state index in [1.54, 1.807) is 0 Å². The fourth-order valence-corrected chi connectivity index (χ4v) is 2.75. The van der Waals surface area contributed by atoms with Crippen molar-refractivity contribution in [2.45, 2.75) is 51.9 Å². The average molecular weight is 317 g/mol. The molecule has 0 amide bonds. The van der Waals surface area contributed by atoms with Crippen molar-refractivity contribution in [1.29, 1.82) is 0 Å². The van der Waals surface area contributed by atoms with Crippen molar-refractivity contribution >= 4 is 6.08 Å². The standard InChI is InChI=1S/C20H31NO2/c1-3-5-14-21-16-19(17-22-15-6-4-2)23-20(21)13-12-18-10-8-7-9-11-18/h7-13,19-20H,3-6,14-17H2,1-2H3/b13-12+. The molecule has 1 aromatic rings. The lowest BCUT2D eigenvalue weighted by Gasteiger charge is -2.19. The van der Waals surface area contributed by atoms with Crippen molar-refractivity contribution in [3.8, 4) is 0 Å². The Balaban J connectivity index is 1.87. The van der Waals surface area contributed by atoms with E-state index in [4.69, 9.17) is 9.47 Å². The number of rotatable bonds is 10. The lowest BCUT2D eigenvalue weighted by Crippen LogP contribution is -2.30. The molecule has 0 aliphatic carbocycles. The second-order valence-electron chi connectivity index (χ2n) is 6.20. The molecule has 0 N–H and O–H groups in total. The van der Waals surface area contributed by atoms with Crippen molar-refractivity contribution in [2.75, 3.05) is 26.3 Å². The maximum absolute atomic E-state index is 6.19. The van der Waals surface area contributed by atoms with E-state index in [0.717, 1.165) is 26.1 Å². The van der Waals surface area contributed by atoms with Gasteiger partial charge in [-0.05, 0) is 24.5 Å². The van der Waals surface area contributed by atoms with Crippen LogP contribution in [0.5, 0.6) is 0 Å². The van der Waals surface area contributed by atoms with E-state index in [2.05, 4.69) is 55.2 Å². The molecule has 1 aromatic carbocycles. The molecule has 1 fully saturated rings. The summed E-state index contributed by atoms with van der Waals surface area (Å²) in [6.45, 7) is 8.03. The van der Waals surface area contributed by atoms with Gasteiger partial charge in [0.1, 0.15) is 6.23 Å². The third-order valence-corrected chi connectivity index (χ3v) is 4.13. The fourth-order valence-electron chi connectivity index (χ4n) is 2.75. The van der Waals surface area contributed by atoms with Crippen LogP contribution in [0.4, 0.5) is 0 Å². The van der Waals surface area contributed by atoms with Crippen LogP contribution in [0.1, 0.15) is 45.1 Å². The van der Waals surface area contributed by atoms with Crippen molar-refractivity contribution in [2.24, 2.45) is 0 Å². The summed E-state index contributed by atoms with van der Waals surface area (Å²) >= 11 is 0. The van der Waals surface area contributed by atoms with E-state index >= 15 is 0 Å². The Labute approximate surface area is 141 Å². The first-order chi connectivity index (χ1) is 11.3. The van der Waals surface area contributed by atoms with Crippen LogP contribution < -0.4 is 0 Å². The molecule has 2 atom stereocenters. The summed E-state index contributed by atoms with van der Waals surface area (Å²) in [5.41, 5.74) is 1.22. The summed E-state index contributed by atoms with van der Waals surface area (Å²) in [5, 5.41) is 0. The minimum absolute atomic E-state index is 0.0709. The van der Waals surface area contributed by atoms with Gasteiger partial charge in [0.25, 0.3) is 0 Å². The van der Waals surface area contributed by atoms with Gasteiger partial charge in [-0.25, -0.2) is 0 Å². The predicted molar refractivity (Wildman–Crippen MR) is 96.3 cm³/mol. The van der Waals surface area contributed by atoms with Crippen molar-refractivity contribution < 1.29 is 9.47 Å². The average Bonchev–Trinajstić information content (AvgIpc) is 2.98. The highest BCUT2D eigenvalue weighted by molar-refractivity contribution is 5.49. The SMILES string of the molecule is CCCCOCC1CN(CCCC)C(/C=C/c2ccccc2)O1. The number of hydrogen-bond donors (Lipinski definition) is 0. The monoisotopic (exact) mass is 317 g/mol. The molecule has 1 saturated heterocycles. The van der Waals surface area contributed by atoms with E-state index < -0.39 is 0 Å². The van der Waals surface area contributed by atoms with Crippen LogP contribution in [0.2, 0.25) is 0 Å². The molecule has 0 bridgehead atoms. The summed E-state index contributed by atoms with van der Waals surface area (Å²) in [6, 6.07) is 10.4. The molecule has 23 heavy (non-hydrogen) atoms. The first-order valence-electron chi connectivity index (χ1n) is 9.04. The topological polar surface area (TPSA) is 21.7 Å². The largest absolute Gasteiger partial charge is 0.379 e. The molecule has 2 unspecified atom stereocenters. The van der Waals surface area contributed by atoms with Gasteiger partial charge in [-0.2, -0.15) is 0 Å². The van der Waals surface area contributed by atoms with Crippen LogP contribution in [0, 0.1) is 0 Å². The minimum Gasteiger partial charge on any atom is -0.379 e.